The molecule has 7 aliphatic heterocycles. The average molecular weight is 809 g/mol. The van der Waals surface area contributed by atoms with Gasteiger partial charge in [0.2, 0.25) is 0 Å². The van der Waals surface area contributed by atoms with E-state index < -0.39 is 179 Å². The van der Waals surface area contributed by atoms with Crippen molar-refractivity contribution >= 4 is 0 Å². The average Bonchev–Trinajstić information content (AvgIpc) is 3.66. The molecule has 7 rings (SSSR count). The van der Waals surface area contributed by atoms with E-state index in [1.165, 1.54) is 0 Å². The Kier molecular flexibility index (Phi) is 12.2. The van der Waals surface area contributed by atoms with E-state index in [4.69, 9.17) is 47.4 Å². The Bertz CT molecular complexity index is 1310. The van der Waals surface area contributed by atoms with Gasteiger partial charge < -0.3 is 124 Å². The highest BCUT2D eigenvalue weighted by molar-refractivity contribution is 5.13. The third-order valence-electron chi connectivity index (χ3n) is 11.3. The van der Waals surface area contributed by atoms with Crippen molar-refractivity contribution in [3.8, 4) is 0 Å². The molecule has 0 aromatic rings. The number of hydrogen-bond acceptors (Lipinski definition) is 25. The molecule has 0 saturated carbocycles. The van der Waals surface area contributed by atoms with Crippen molar-refractivity contribution in [2.45, 2.75) is 153 Å². The van der Waals surface area contributed by atoms with E-state index in [9.17, 15) is 76.6 Å². The van der Waals surface area contributed by atoms with Gasteiger partial charge in [0.1, 0.15) is 122 Å². The third kappa shape index (κ3) is 6.74. The Morgan fingerprint density at radius 2 is 1.02 bits per heavy atom. The zero-order valence-corrected chi connectivity index (χ0v) is 28.6. The number of fused-ring (bicyclic) bond motifs is 4. The van der Waals surface area contributed by atoms with Crippen LogP contribution in [0.4, 0.5) is 0 Å². The number of aliphatic hydroxyl groups is 15. The van der Waals surface area contributed by atoms with Gasteiger partial charge in [-0.2, -0.15) is 0 Å². The highest BCUT2D eigenvalue weighted by Gasteiger charge is 2.74. The Morgan fingerprint density at radius 3 is 1.64 bits per heavy atom. The van der Waals surface area contributed by atoms with Crippen LogP contribution in [-0.4, -0.2) is 262 Å². The van der Waals surface area contributed by atoms with Crippen LogP contribution in [0.2, 0.25) is 0 Å². The van der Waals surface area contributed by atoms with Crippen molar-refractivity contribution < 1.29 is 124 Å². The van der Waals surface area contributed by atoms with Gasteiger partial charge in [0.05, 0.1) is 33.0 Å². The monoisotopic (exact) mass is 808 g/mol. The van der Waals surface area contributed by atoms with E-state index in [2.05, 4.69) is 0 Å². The fraction of sp³-hybridized carbons (Fsp3) is 1.00. The van der Waals surface area contributed by atoms with Crippen molar-refractivity contribution in [3.05, 3.63) is 0 Å². The Labute approximate surface area is 309 Å². The lowest BCUT2D eigenvalue weighted by atomic mass is 9.80. The molecule has 318 valence electrons. The lowest BCUT2D eigenvalue weighted by Gasteiger charge is -2.59. The van der Waals surface area contributed by atoms with Gasteiger partial charge in [0.25, 0.3) is 11.6 Å². The zero-order chi connectivity index (χ0) is 39.9. The molecule has 7 fully saturated rings. The minimum Gasteiger partial charge on any atom is -0.394 e. The van der Waals surface area contributed by atoms with E-state index in [1.54, 1.807) is 0 Å². The van der Waals surface area contributed by atoms with Gasteiger partial charge in [-0.15, -0.1) is 0 Å². The van der Waals surface area contributed by atoms with E-state index in [0.29, 0.717) is 0 Å². The lowest BCUT2D eigenvalue weighted by molar-refractivity contribution is -0.508. The summed E-state index contributed by atoms with van der Waals surface area (Å²) in [5.41, 5.74) is 0. The second kappa shape index (κ2) is 15.9. The molecule has 9 unspecified atom stereocenters. The second-order valence-electron chi connectivity index (χ2n) is 14.6. The summed E-state index contributed by atoms with van der Waals surface area (Å²) in [5.74, 6) is -6.86. The Morgan fingerprint density at radius 1 is 0.491 bits per heavy atom. The second-order valence-corrected chi connectivity index (χ2v) is 14.6. The third-order valence-corrected chi connectivity index (χ3v) is 11.3. The molecule has 25 heteroatoms. The minimum atomic E-state index is -3.53. The van der Waals surface area contributed by atoms with Gasteiger partial charge in [-0.05, 0) is 0 Å². The Balaban J connectivity index is 1.13. The Hall–Kier alpha value is -1.00. The van der Waals surface area contributed by atoms with E-state index in [-0.39, 0.29) is 6.61 Å². The standard InChI is InChI=1S/C30H48O25/c31-1-6-13(36)21(17(40)27(49-6)51-19-9-4-46-22(19)16(39)26(44)48-9)52-28-18(41)23-20(10(50-28)5-47-23)55-30(25(43)15(38)12(35)8(3-33)54-30)29(45)24(42)14(37)11(34)7(2-32)53-29/h6-28,31-45H,1-5H2/t6-,7-,8-,9?,10?,11+,12+,13?,14+,15+,16?,17?,18?,19-,20-,21+,22?,23?,24-,25-,26?,27+,28+,29-,30-/m1/s1. The molecule has 0 spiro atoms. The highest BCUT2D eigenvalue weighted by Crippen LogP contribution is 2.49. The summed E-state index contributed by atoms with van der Waals surface area (Å²) in [6, 6.07) is 0. The molecular formula is C30H48O25. The predicted molar refractivity (Wildman–Crippen MR) is 161 cm³/mol. The molecule has 0 aliphatic carbocycles. The maximum Gasteiger partial charge on any atom is 0.256 e. The van der Waals surface area contributed by atoms with Gasteiger partial charge >= 0.3 is 0 Å². The van der Waals surface area contributed by atoms with Crippen LogP contribution >= 0.6 is 0 Å². The van der Waals surface area contributed by atoms with Gasteiger partial charge in [-0.1, -0.05) is 0 Å². The van der Waals surface area contributed by atoms with Gasteiger partial charge in [0.15, 0.2) is 18.9 Å². The van der Waals surface area contributed by atoms with Crippen LogP contribution in [0, 0.1) is 0 Å². The van der Waals surface area contributed by atoms with Crippen molar-refractivity contribution in [1.29, 1.82) is 0 Å². The molecule has 0 amide bonds. The van der Waals surface area contributed by atoms with Crippen molar-refractivity contribution in [2.24, 2.45) is 0 Å². The summed E-state index contributed by atoms with van der Waals surface area (Å²) in [7, 11) is 0. The van der Waals surface area contributed by atoms with Crippen LogP contribution < -0.4 is 0 Å². The number of hydrogen-bond donors (Lipinski definition) is 15. The first-order valence-corrected chi connectivity index (χ1v) is 17.6. The quantitative estimate of drug-likeness (QED) is 0.0974. The molecule has 4 bridgehead atoms. The minimum absolute atomic E-state index is 0.0943. The van der Waals surface area contributed by atoms with Crippen molar-refractivity contribution in [1.82, 2.24) is 0 Å². The summed E-state index contributed by atoms with van der Waals surface area (Å²) in [6.45, 7) is -3.54. The molecule has 0 aromatic heterocycles. The van der Waals surface area contributed by atoms with Crippen molar-refractivity contribution in [3.63, 3.8) is 0 Å². The van der Waals surface area contributed by atoms with Crippen LogP contribution in [0.5, 0.6) is 0 Å². The number of rotatable bonds is 10. The summed E-state index contributed by atoms with van der Waals surface area (Å²) in [4.78, 5) is 0. The topological polar surface area (TPSA) is 396 Å². The summed E-state index contributed by atoms with van der Waals surface area (Å²) in [6.07, 6.45) is -40.9. The largest absolute Gasteiger partial charge is 0.394 e. The van der Waals surface area contributed by atoms with Crippen LogP contribution in [0.1, 0.15) is 0 Å². The fourth-order valence-electron chi connectivity index (χ4n) is 8.18. The molecule has 0 radical (unpaired) electrons. The molecule has 55 heavy (non-hydrogen) atoms. The molecular weight excluding hydrogens is 760 g/mol. The number of aliphatic hydroxyl groups excluding tert-OH is 14. The van der Waals surface area contributed by atoms with Gasteiger partial charge in [-0.3, -0.25) is 0 Å². The number of ether oxygens (including phenoxy) is 10. The van der Waals surface area contributed by atoms with Crippen LogP contribution in [0.15, 0.2) is 0 Å². The molecule has 7 aliphatic rings. The summed E-state index contributed by atoms with van der Waals surface area (Å²) < 4.78 is 56.6. The maximum atomic E-state index is 11.9. The molecule has 7 heterocycles. The van der Waals surface area contributed by atoms with Gasteiger partial charge in [0, 0.05) is 0 Å². The first kappa shape index (κ1) is 42.1. The molecule has 15 N–H and O–H groups in total. The lowest BCUT2D eigenvalue weighted by Crippen LogP contribution is -2.83. The molecule has 25 atom stereocenters. The van der Waals surface area contributed by atoms with Crippen LogP contribution in [0.3, 0.4) is 0 Å². The SMILES string of the molecule is OC[C@H]1O[C@@H](O[C@@H]2C3COC2C(O)C(O)O3)C(O)[C@@H](O[C@@H]2OC3COC(C2O)[C@@H]3O[C@]2([C@]3(O)O[C@H](CO)[C@H](O)[C@H](O)[C@H]3O)O[C@H](CO)[C@H](O)[C@H](O)[C@H]2O)C1O. The first-order valence-electron chi connectivity index (χ1n) is 17.6. The van der Waals surface area contributed by atoms with E-state index in [1.807, 2.05) is 0 Å². The maximum absolute atomic E-state index is 11.9. The summed E-state index contributed by atoms with van der Waals surface area (Å²) >= 11 is 0. The summed E-state index contributed by atoms with van der Waals surface area (Å²) in [5, 5.41) is 160. The van der Waals surface area contributed by atoms with E-state index in [0.717, 1.165) is 0 Å². The normalized spacial score (nSPS) is 58.2. The van der Waals surface area contributed by atoms with Crippen molar-refractivity contribution in [2.75, 3.05) is 33.0 Å². The van der Waals surface area contributed by atoms with E-state index >= 15 is 0 Å². The predicted octanol–water partition coefficient (Wildman–Crippen LogP) is -11.1. The molecule has 7 saturated heterocycles. The molecule has 25 nitrogen and oxygen atoms in total. The highest BCUT2D eigenvalue weighted by atomic mass is 16.8. The molecule has 0 aromatic carbocycles. The van der Waals surface area contributed by atoms with Gasteiger partial charge in [-0.25, -0.2) is 0 Å². The van der Waals surface area contributed by atoms with Crippen LogP contribution in [-0.2, 0) is 47.4 Å². The van der Waals surface area contributed by atoms with Crippen LogP contribution in [0.25, 0.3) is 0 Å². The fourth-order valence-corrected chi connectivity index (χ4v) is 8.18. The first-order chi connectivity index (χ1) is 26.0. The zero-order valence-electron chi connectivity index (χ0n) is 28.6. The smallest absolute Gasteiger partial charge is 0.256 e.